The number of nitro benzene ring substituents is 1. The molecular weight excluding hydrogens is 221 g/mol. The van der Waals surface area contributed by atoms with Gasteiger partial charge in [0.1, 0.15) is 5.82 Å². The van der Waals surface area contributed by atoms with Gasteiger partial charge >= 0.3 is 0 Å². The van der Waals surface area contributed by atoms with Crippen molar-refractivity contribution in [1.29, 1.82) is 0 Å². The zero-order valence-corrected chi connectivity index (χ0v) is 8.81. The molecule has 1 aliphatic rings. The second kappa shape index (κ2) is 3.38. The van der Waals surface area contributed by atoms with E-state index in [1.54, 1.807) is 18.2 Å². The van der Waals surface area contributed by atoms with Gasteiger partial charge in [0, 0.05) is 12.1 Å². The lowest BCUT2D eigenvalue weighted by Gasteiger charge is -2.00. The van der Waals surface area contributed by atoms with Crippen LogP contribution in [0.3, 0.4) is 0 Å². The Labute approximate surface area is 96.7 Å². The van der Waals surface area contributed by atoms with Crippen molar-refractivity contribution in [2.45, 2.75) is 6.42 Å². The average Bonchev–Trinajstić information content (AvgIpc) is 2.66. The van der Waals surface area contributed by atoms with Crippen molar-refractivity contribution in [3.8, 4) is 11.1 Å². The number of benzene rings is 2. The Hall–Kier alpha value is -2.23. The predicted molar refractivity (Wildman–Crippen MR) is 61.3 cm³/mol. The summed E-state index contributed by atoms with van der Waals surface area (Å²) in [6, 6.07) is 9.34. The third-order valence-corrected chi connectivity index (χ3v) is 3.04. The lowest BCUT2D eigenvalue weighted by Crippen LogP contribution is -1.89. The van der Waals surface area contributed by atoms with Crippen LogP contribution in [0, 0.1) is 15.9 Å². The second-order valence-electron chi connectivity index (χ2n) is 4.08. The summed E-state index contributed by atoms with van der Waals surface area (Å²) in [7, 11) is 0. The highest BCUT2D eigenvalue weighted by molar-refractivity contribution is 5.77. The van der Waals surface area contributed by atoms with Gasteiger partial charge in [0.25, 0.3) is 5.69 Å². The van der Waals surface area contributed by atoms with Gasteiger partial charge < -0.3 is 0 Å². The first kappa shape index (κ1) is 9.96. The van der Waals surface area contributed by atoms with Gasteiger partial charge in [-0.2, -0.15) is 0 Å². The lowest BCUT2D eigenvalue weighted by atomic mass is 10.1. The monoisotopic (exact) mass is 229 g/mol. The van der Waals surface area contributed by atoms with Crippen LogP contribution in [-0.4, -0.2) is 4.92 Å². The Morgan fingerprint density at radius 1 is 1.06 bits per heavy atom. The maximum atomic E-state index is 13.2. The number of hydrogen-bond donors (Lipinski definition) is 0. The number of non-ortho nitro benzene ring substituents is 1. The Morgan fingerprint density at radius 2 is 1.88 bits per heavy atom. The average molecular weight is 229 g/mol. The largest absolute Gasteiger partial charge is 0.269 e. The van der Waals surface area contributed by atoms with E-state index in [9.17, 15) is 14.5 Å². The first-order valence-corrected chi connectivity index (χ1v) is 5.21. The van der Waals surface area contributed by atoms with E-state index in [1.165, 1.54) is 18.2 Å². The number of halogens is 1. The predicted octanol–water partition coefficient (Wildman–Crippen LogP) is 3.31. The van der Waals surface area contributed by atoms with Crippen molar-refractivity contribution >= 4 is 5.69 Å². The van der Waals surface area contributed by atoms with Crippen LogP contribution >= 0.6 is 0 Å². The molecule has 0 atom stereocenters. The van der Waals surface area contributed by atoms with Crippen molar-refractivity contribution in [3.63, 3.8) is 0 Å². The molecule has 0 bridgehead atoms. The molecule has 0 saturated heterocycles. The molecule has 2 aromatic rings. The zero-order valence-electron chi connectivity index (χ0n) is 8.81. The van der Waals surface area contributed by atoms with E-state index in [1.807, 2.05) is 0 Å². The maximum absolute atomic E-state index is 13.2. The molecule has 0 saturated carbocycles. The summed E-state index contributed by atoms with van der Waals surface area (Å²) in [6.07, 6.45) is 0.632. The van der Waals surface area contributed by atoms with Gasteiger partial charge in [-0.05, 0) is 46.9 Å². The molecular formula is C13H8FNO2. The Kier molecular flexibility index (Phi) is 1.98. The fraction of sp³-hybridized carbons (Fsp3) is 0.0769. The Morgan fingerprint density at radius 3 is 2.65 bits per heavy atom. The molecule has 3 rings (SSSR count). The highest BCUT2D eigenvalue weighted by Gasteiger charge is 2.21. The maximum Gasteiger partial charge on any atom is 0.269 e. The molecule has 2 aromatic carbocycles. The molecule has 0 radical (unpaired) electrons. The SMILES string of the molecule is O=[N+]([O-])c1ccc2c(c1)Cc1ccc(F)cc1-2. The number of nitrogens with zero attached hydrogens (tertiary/aromatic N) is 1. The molecule has 84 valence electrons. The number of rotatable bonds is 1. The molecule has 0 fully saturated rings. The molecule has 0 aliphatic heterocycles. The topological polar surface area (TPSA) is 43.1 Å². The lowest BCUT2D eigenvalue weighted by molar-refractivity contribution is -0.384. The molecule has 0 unspecified atom stereocenters. The van der Waals surface area contributed by atoms with Crippen molar-refractivity contribution in [1.82, 2.24) is 0 Å². The van der Waals surface area contributed by atoms with Gasteiger partial charge in [0.15, 0.2) is 0 Å². The van der Waals surface area contributed by atoms with E-state index in [-0.39, 0.29) is 11.5 Å². The van der Waals surface area contributed by atoms with Crippen LogP contribution in [0.2, 0.25) is 0 Å². The molecule has 17 heavy (non-hydrogen) atoms. The van der Waals surface area contributed by atoms with E-state index >= 15 is 0 Å². The van der Waals surface area contributed by atoms with E-state index in [0.29, 0.717) is 6.42 Å². The fourth-order valence-electron chi connectivity index (χ4n) is 2.26. The molecule has 0 amide bonds. The minimum atomic E-state index is -0.413. The van der Waals surface area contributed by atoms with E-state index in [2.05, 4.69) is 0 Å². The molecule has 3 nitrogen and oxygen atoms in total. The molecule has 0 aromatic heterocycles. The van der Waals surface area contributed by atoms with Crippen molar-refractivity contribution < 1.29 is 9.31 Å². The summed E-state index contributed by atoms with van der Waals surface area (Å²) in [5.74, 6) is -0.282. The summed E-state index contributed by atoms with van der Waals surface area (Å²) in [5, 5.41) is 10.7. The normalized spacial score (nSPS) is 12.1. The van der Waals surface area contributed by atoms with Gasteiger partial charge in [0.05, 0.1) is 4.92 Å². The fourth-order valence-corrected chi connectivity index (χ4v) is 2.26. The summed E-state index contributed by atoms with van der Waals surface area (Å²) >= 11 is 0. The zero-order chi connectivity index (χ0) is 12.0. The number of nitro groups is 1. The summed E-state index contributed by atoms with van der Waals surface area (Å²) in [6.45, 7) is 0. The van der Waals surface area contributed by atoms with Crippen molar-refractivity contribution in [3.05, 3.63) is 63.5 Å². The minimum Gasteiger partial charge on any atom is -0.258 e. The van der Waals surface area contributed by atoms with Crippen molar-refractivity contribution in [2.75, 3.05) is 0 Å². The first-order chi connectivity index (χ1) is 8.15. The Balaban J connectivity index is 2.17. The van der Waals surface area contributed by atoms with Crippen molar-refractivity contribution in [2.24, 2.45) is 0 Å². The molecule has 1 aliphatic carbocycles. The molecule has 4 heteroatoms. The summed E-state index contributed by atoms with van der Waals surface area (Å²) in [4.78, 5) is 10.3. The van der Waals surface area contributed by atoms with Gasteiger partial charge in [-0.1, -0.05) is 6.07 Å². The highest BCUT2D eigenvalue weighted by atomic mass is 19.1. The first-order valence-electron chi connectivity index (χ1n) is 5.21. The standard InChI is InChI=1S/C13H8FNO2/c14-10-2-1-8-5-9-6-11(15(16)17)3-4-12(9)13(8)7-10/h1-4,6-7H,5H2. The van der Waals surface area contributed by atoms with Gasteiger partial charge in [-0.15, -0.1) is 0 Å². The molecule has 0 N–H and O–H groups in total. The van der Waals surface area contributed by atoms with Crippen LogP contribution in [0.5, 0.6) is 0 Å². The quantitative estimate of drug-likeness (QED) is 0.474. The van der Waals surface area contributed by atoms with Gasteiger partial charge in [-0.3, -0.25) is 10.1 Å². The van der Waals surface area contributed by atoms with Gasteiger partial charge in [0.2, 0.25) is 0 Å². The van der Waals surface area contributed by atoms with Crippen LogP contribution in [0.1, 0.15) is 11.1 Å². The molecule has 0 spiro atoms. The van der Waals surface area contributed by atoms with Gasteiger partial charge in [-0.25, -0.2) is 4.39 Å². The van der Waals surface area contributed by atoms with Crippen LogP contribution < -0.4 is 0 Å². The van der Waals surface area contributed by atoms with Crippen LogP contribution in [-0.2, 0) is 6.42 Å². The van der Waals surface area contributed by atoms with Crippen LogP contribution in [0.15, 0.2) is 36.4 Å². The third-order valence-electron chi connectivity index (χ3n) is 3.04. The second-order valence-corrected chi connectivity index (χ2v) is 4.08. The van der Waals surface area contributed by atoms with E-state index in [4.69, 9.17) is 0 Å². The number of fused-ring (bicyclic) bond motifs is 3. The minimum absolute atomic E-state index is 0.0806. The Bertz CT molecular complexity index is 637. The summed E-state index contributed by atoms with van der Waals surface area (Å²) in [5.41, 5.74) is 3.72. The van der Waals surface area contributed by atoms with E-state index < -0.39 is 4.92 Å². The number of hydrogen-bond acceptors (Lipinski definition) is 2. The molecule has 0 heterocycles. The van der Waals surface area contributed by atoms with Crippen LogP contribution in [0.4, 0.5) is 10.1 Å². The van der Waals surface area contributed by atoms with Crippen LogP contribution in [0.25, 0.3) is 11.1 Å². The smallest absolute Gasteiger partial charge is 0.258 e. The van der Waals surface area contributed by atoms with E-state index in [0.717, 1.165) is 22.3 Å². The third kappa shape index (κ3) is 1.49. The highest BCUT2D eigenvalue weighted by Crippen LogP contribution is 2.38. The summed E-state index contributed by atoms with van der Waals surface area (Å²) < 4.78 is 13.2.